The largest absolute Gasteiger partial charge is 0.321 e. The molecule has 128 valence electrons. The van der Waals surface area contributed by atoms with Crippen LogP contribution in [0.2, 0.25) is 10.0 Å². The number of amides is 1. The second-order valence-electron chi connectivity index (χ2n) is 5.42. The van der Waals surface area contributed by atoms with E-state index in [9.17, 15) is 4.79 Å². The molecule has 3 aromatic rings. The number of halogens is 2. The molecule has 0 bridgehead atoms. The first kappa shape index (κ1) is 17.7. The third-order valence-electron chi connectivity index (χ3n) is 3.54. The minimum atomic E-state index is -0.235. The molecule has 1 N–H and O–H groups in total. The number of hydrogen-bond donors (Lipinski definition) is 1. The zero-order chi connectivity index (χ0) is 18.0. The molecular weight excluding hydrogens is 377 g/mol. The molecule has 0 atom stereocenters. The van der Waals surface area contributed by atoms with Crippen LogP contribution in [0.3, 0.4) is 0 Å². The van der Waals surface area contributed by atoms with Crippen LogP contribution < -0.4 is 10.2 Å². The lowest BCUT2D eigenvalue weighted by Crippen LogP contribution is -2.11. The molecule has 0 unspecified atom stereocenters. The van der Waals surface area contributed by atoms with Gasteiger partial charge in [-0.25, -0.2) is 4.98 Å². The third-order valence-corrected chi connectivity index (χ3v) is 5.21. The lowest BCUT2D eigenvalue weighted by molar-refractivity contribution is 0.103. The highest BCUT2D eigenvalue weighted by Gasteiger charge is 2.18. The monoisotopic (exact) mass is 391 g/mol. The van der Waals surface area contributed by atoms with E-state index in [1.165, 1.54) is 11.3 Å². The van der Waals surface area contributed by atoms with Crippen LogP contribution in [0.4, 0.5) is 16.5 Å². The van der Waals surface area contributed by atoms with Crippen LogP contribution in [-0.4, -0.2) is 17.9 Å². The number of nitrogens with zero attached hydrogens (tertiary/aromatic N) is 2. The van der Waals surface area contributed by atoms with Crippen LogP contribution in [0.5, 0.6) is 0 Å². The number of aryl methyl sites for hydroxylation is 1. The summed E-state index contributed by atoms with van der Waals surface area (Å²) in [6.45, 7) is 1.82. The van der Waals surface area contributed by atoms with E-state index < -0.39 is 0 Å². The summed E-state index contributed by atoms with van der Waals surface area (Å²) in [6, 6.07) is 14.8. The van der Waals surface area contributed by atoms with E-state index in [4.69, 9.17) is 23.2 Å². The lowest BCUT2D eigenvalue weighted by Gasteiger charge is -2.15. The second-order valence-corrected chi connectivity index (χ2v) is 7.27. The van der Waals surface area contributed by atoms with Crippen molar-refractivity contribution < 1.29 is 4.79 Å². The Kier molecular flexibility index (Phi) is 5.27. The van der Waals surface area contributed by atoms with Crippen LogP contribution in [0, 0.1) is 6.92 Å². The predicted octanol–water partition coefficient (Wildman–Crippen LogP) is 5.78. The lowest BCUT2D eigenvalue weighted by atomic mass is 10.3. The maximum absolute atomic E-state index is 12.6. The number of aromatic nitrogens is 1. The normalized spacial score (nSPS) is 10.6. The molecular formula is C18H15Cl2N3OS. The molecule has 1 aromatic heterocycles. The Bertz CT molecular complexity index is 892. The first-order chi connectivity index (χ1) is 11.9. The molecule has 1 heterocycles. The van der Waals surface area contributed by atoms with Gasteiger partial charge in [0, 0.05) is 28.5 Å². The fraction of sp³-hybridized carbons (Fsp3) is 0.111. The summed E-state index contributed by atoms with van der Waals surface area (Å²) in [5.41, 5.74) is 2.23. The fourth-order valence-corrected chi connectivity index (χ4v) is 3.78. The Morgan fingerprint density at radius 1 is 1.12 bits per heavy atom. The number of rotatable bonds is 4. The maximum Gasteiger partial charge on any atom is 0.267 e. The molecule has 4 nitrogen and oxygen atoms in total. The summed E-state index contributed by atoms with van der Waals surface area (Å²) in [7, 11) is 1.92. The first-order valence-corrected chi connectivity index (χ1v) is 9.05. The zero-order valence-corrected chi connectivity index (χ0v) is 15.9. The number of para-hydroxylation sites is 1. The summed E-state index contributed by atoms with van der Waals surface area (Å²) in [6.07, 6.45) is 0. The van der Waals surface area contributed by atoms with Crippen molar-refractivity contribution in [1.82, 2.24) is 4.98 Å². The van der Waals surface area contributed by atoms with Gasteiger partial charge in [-0.1, -0.05) is 52.7 Å². The molecule has 25 heavy (non-hydrogen) atoms. The molecule has 0 aliphatic carbocycles. The van der Waals surface area contributed by atoms with E-state index in [-0.39, 0.29) is 5.91 Å². The predicted molar refractivity (Wildman–Crippen MR) is 106 cm³/mol. The van der Waals surface area contributed by atoms with Crippen LogP contribution in [-0.2, 0) is 0 Å². The van der Waals surface area contributed by atoms with Crippen LogP contribution >= 0.6 is 34.5 Å². The molecule has 0 aliphatic heterocycles. The number of nitrogens with one attached hydrogen (secondary N) is 1. The van der Waals surface area contributed by atoms with E-state index in [2.05, 4.69) is 10.3 Å². The van der Waals surface area contributed by atoms with E-state index in [1.54, 1.807) is 18.2 Å². The van der Waals surface area contributed by atoms with Crippen molar-refractivity contribution in [1.29, 1.82) is 0 Å². The smallest absolute Gasteiger partial charge is 0.267 e. The van der Waals surface area contributed by atoms with Crippen molar-refractivity contribution >= 4 is 57.0 Å². The number of carbonyl (C=O) groups is 1. The van der Waals surface area contributed by atoms with Crippen LogP contribution in [0.1, 0.15) is 15.4 Å². The highest BCUT2D eigenvalue weighted by Crippen LogP contribution is 2.31. The molecule has 1 amide bonds. The topological polar surface area (TPSA) is 45.2 Å². The molecule has 7 heteroatoms. The molecule has 3 rings (SSSR count). The minimum absolute atomic E-state index is 0.235. The first-order valence-electron chi connectivity index (χ1n) is 7.47. The Balaban J connectivity index is 1.83. The summed E-state index contributed by atoms with van der Waals surface area (Å²) in [5, 5.41) is 4.50. The Morgan fingerprint density at radius 3 is 2.40 bits per heavy atom. The zero-order valence-electron chi connectivity index (χ0n) is 13.6. The van der Waals surface area contributed by atoms with Crippen LogP contribution in [0.15, 0.2) is 48.5 Å². The van der Waals surface area contributed by atoms with Crippen LogP contribution in [0.25, 0.3) is 0 Å². The summed E-state index contributed by atoms with van der Waals surface area (Å²) in [4.78, 5) is 19.6. The molecule has 0 spiro atoms. The van der Waals surface area contributed by atoms with Crippen molar-refractivity contribution in [3.63, 3.8) is 0 Å². The average molecular weight is 392 g/mol. The van der Waals surface area contributed by atoms with Gasteiger partial charge < -0.3 is 10.2 Å². The Labute approximate surface area is 160 Å². The van der Waals surface area contributed by atoms with E-state index in [0.717, 1.165) is 10.8 Å². The van der Waals surface area contributed by atoms with Gasteiger partial charge in [-0.3, -0.25) is 4.79 Å². The van der Waals surface area contributed by atoms with Gasteiger partial charge in [-0.05, 0) is 37.3 Å². The summed E-state index contributed by atoms with van der Waals surface area (Å²) < 4.78 is 0. The van der Waals surface area contributed by atoms with E-state index in [1.807, 2.05) is 49.2 Å². The van der Waals surface area contributed by atoms with Gasteiger partial charge in [0.25, 0.3) is 5.91 Å². The van der Waals surface area contributed by atoms with Gasteiger partial charge >= 0.3 is 0 Å². The standard InChI is InChI=1S/C18H15Cl2N3OS/c1-11-16(17(24)22-14-9-12(19)8-13(20)10-14)25-18(21-11)23(2)15-6-4-3-5-7-15/h3-10H,1-2H3,(H,22,24). The maximum atomic E-state index is 12.6. The Hall–Kier alpha value is -2.08. The summed E-state index contributed by atoms with van der Waals surface area (Å²) >= 11 is 13.3. The molecule has 2 aromatic carbocycles. The number of anilines is 3. The van der Waals surface area contributed by atoms with E-state index in [0.29, 0.717) is 26.3 Å². The number of benzene rings is 2. The fourth-order valence-electron chi connectivity index (χ4n) is 2.31. The second kappa shape index (κ2) is 7.44. The van der Waals surface area contributed by atoms with Crippen molar-refractivity contribution in [2.45, 2.75) is 6.92 Å². The number of carbonyl (C=O) groups excluding carboxylic acids is 1. The van der Waals surface area contributed by atoms with Gasteiger partial charge in [0.05, 0.1) is 5.69 Å². The molecule has 0 aliphatic rings. The van der Waals surface area contributed by atoms with Gasteiger partial charge in [-0.15, -0.1) is 0 Å². The average Bonchev–Trinajstić information content (AvgIpc) is 2.96. The minimum Gasteiger partial charge on any atom is -0.321 e. The highest BCUT2D eigenvalue weighted by molar-refractivity contribution is 7.17. The van der Waals surface area contributed by atoms with Crippen molar-refractivity contribution in [3.8, 4) is 0 Å². The van der Waals surface area contributed by atoms with Crippen molar-refractivity contribution in [2.75, 3.05) is 17.3 Å². The number of hydrogen-bond acceptors (Lipinski definition) is 4. The van der Waals surface area contributed by atoms with Gasteiger partial charge in [-0.2, -0.15) is 0 Å². The quantitative estimate of drug-likeness (QED) is 0.612. The molecule has 0 radical (unpaired) electrons. The molecule has 0 saturated heterocycles. The SMILES string of the molecule is Cc1nc(N(C)c2ccccc2)sc1C(=O)Nc1cc(Cl)cc(Cl)c1. The highest BCUT2D eigenvalue weighted by atomic mass is 35.5. The summed E-state index contributed by atoms with van der Waals surface area (Å²) in [5.74, 6) is -0.235. The van der Waals surface area contributed by atoms with E-state index >= 15 is 0 Å². The van der Waals surface area contributed by atoms with Crippen molar-refractivity contribution in [2.24, 2.45) is 0 Å². The Morgan fingerprint density at radius 2 is 1.76 bits per heavy atom. The third kappa shape index (κ3) is 4.12. The number of thiazole rings is 1. The van der Waals surface area contributed by atoms with Gasteiger partial charge in [0.1, 0.15) is 4.88 Å². The molecule has 0 fully saturated rings. The van der Waals surface area contributed by atoms with Crippen molar-refractivity contribution in [3.05, 3.63) is 69.1 Å². The van der Waals surface area contributed by atoms with Gasteiger partial charge in [0.2, 0.25) is 0 Å². The van der Waals surface area contributed by atoms with Gasteiger partial charge in [0.15, 0.2) is 5.13 Å². The molecule has 0 saturated carbocycles.